The minimum absolute atomic E-state index is 0.0328. The minimum Gasteiger partial charge on any atom is -0.453 e. The molecule has 2 heterocycles. The molecule has 6 heteroatoms. The molecule has 0 spiro atoms. The molecule has 0 amide bonds. The van der Waals surface area contributed by atoms with Crippen molar-refractivity contribution in [2.24, 2.45) is 0 Å². The zero-order valence-electron chi connectivity index (χ0n) is 8.96. The van der Waals surface area contributed by atoms with E-state index in [0.29, 0.717) is 0 Å². The standard InChI is InChI=1S/C12H6F2N2O2/c13-10-7(8-4-16-3-6(8)2-15)1-9-12(11(10)14)18-5-17-9/h1,3-4,16H,5H2. The lowest BCUT2D eigenvalue weighted by molar-refractivity contribution is 0.170. The Morgan fingerprint density at radius 1 is 1.17 bits per heavy atom. The molecule has 0 saturated carbocycles. The van der Waals surface area contributed by atoms with Gasteiger partial charge in [0.05, 0.1) is 5.56 Å². The number of benzene rings is 1. The van der Waals surface area contributed by atoms with Crippen LogP contribution in [0.5, 0.6) is 11.5 Å². The predicted molar refractivity (Wildman–Crippen MR) is 57.0 cm³/mol. The monoisotopic (exact) mass is 248 g/mol. The van der Waals surface area contributed by atoms with Crippen molar-refractivity contribution in [3.8, 4) is 28.7 Å². The van der Waals surface area contributed by atoms with E-state index < -0.39 is 11.6 Å². The Bertz CT molecular complexity index is 673. The van der Waals surface area contributed by atoms with Gasteiger partial charge in [0.1, 0.15) is 6.07 Å². The fourth-order valence-electron chi connectivity index (χ4n) is 1.85. The summed E-state index contributed by atoms with van der Waals surface area (Å²) in [6.07, 6.45) is 2.84. The first-order valence-electron chi connectivity index (χ1n) is 5.07. The summed E-state index contributed by atoms with van der Waals surface area (Å²) in [5.41, 5.74) is 0.480. The van der Waals surface area contributed by atoms with E-state index in [2.05, 4.69) is 4.98 Å². The third-order valence-electron chi connectivity index (χ3n) is 2.70. The number of aromatic nitrogens is 1. The molecule has 0 unspecified atom stereocenters. The summed E-state index contributed by atoms with van der Waals surface area (Å²) in [5.74, 6) is -2.26. The van der Waals surface area contributed by atoms with Gasteiger partial charge in [-0.15, -0.1) is 0 Å². The second kappa shape index (κ2) is 3.74. The number of nitrogens with one attached hydrogen (secondary N) is 1. The van der Waals surface area contributed by atoms with Crippen molar-refractivity contribution in [2.45, 2.75) is 0 Å². The number of halogens is 2. The Kier molecular flexibility index (Phi) is 2.20. The summed E-state index contributed by atoms with van der Waals surface area (Å²) < 4.78 is 37.5. The number of ether oxygens (including phenoxy) is 2. The number of fused-ring (bicyclic) bond motifs is 1. The fraction of sp³-hybridized carbons (Fsp3) is 0.0833. The Morgan fingerprint density at radius 3 is 2.78 bits per heavy atom. The van der Waals surface area contributed by atoms with Gasteiger partial charge in [0.15, 0.2) is 11.6 Å². The number of hydrogen-bond donors (Lipinski definition) is 1. The molecule has 90 valence electrons. The molecule has 0 radical (unpaired) electrons. The number of rotatable bonds is 1. The van der Waals surface area contributed by atoms with Crippen LogP contribution in [0, 0.1) is 23.0 Å². The van der Waals surface area contributed by atoms with Crippen LogP contribution in [-0.2, 0) is 0 Å². The van der Waals surface area contributed by atoms with Gasteiger partial charge in [-0.2, -0.15) is 9.65 Å². The number of nitriles is 1. The number of aromatic amines is 1. The highest BCUT2D eigenvalue weighted by Crippen LogP contribution is 2.41. The maximum Gasteiger partial charge on any atom is 0.231 e. The van der Waals surface area contributed by atoms with E-state index in [1.165, 1.54) is 18.5 Å². The number of hydrogen-bond acceptors (Lipinski definition) is 3. The summed E-state index contributed by atoms with van der Waals surface area (Å²) in [7, 11) is 0. The Morgan fingerprint density at radius 2 is 2.00 bits per heavy atom. The van der Waals surface area contributed by atoms with Crippen molar-refractivity contribution in [1.29, 1.82) is 5.26 Å². The van der Waals surface area contributed by atoms with Gasteiger partial charge in [-0.05, 0) is 6.07 Å². The molecule has 1 aliphatic heterocycles. The topological polar surface area (TPSA) is 58.0 Å². The maximum atomic E-state index is 13.9. The first kappa shape index (κ1) is 10.6. The minimum atomic E-state index is -1.11. The van der Waals surface area contributed by atoms with Gasteiger partial charge >= 0.3 is 0 Å². The summed E-state index contributed by atoms with van der Waals surface area (Å²) >= 11 is 0. The Labute approximate surface area is 100 Å². The molecular formula is C12H6F2N2O2. The zero-order chi connectivity index (χ0) is 12.7. The molecule has 0 bridgehead atoms. The lowest BCUT2D eigenvalue weighted by atomic mass is 10.0. The van der Waals surface area contributed by atoms with Crippen molar-refractivity contribution in [3.63, 3.8) is 0 Å². The highest BCUT2D eigenvalue weighted by Gasteiger charge is 2.26. The molecule has 1 aliphatic rings. The quantitative estimate of drug-likeness (QED) is 0.843. The van der Waals surface area contributed by atoms with E-state index in [9.17, 15) is 8.78 Å². The lowest BCUT2D eigenvalue weighted by Gasteiger charge is -2.05. The summed E-state index contributed by atoms with van der Waals surface area (Å²) in [6, 6.07) is 3.22. The molecule has 4 nitrogen and oxygen atoms in total. The van der Waals surface area contributed by atoms with Crippen molar-refractivity contribution < 1.29 is 18.3 Å². The second-order valence-electron chi connectivity index (χ2n) is 3.68. The molecule has 0 fully saturated rings. The van der Waals surface area contributed by atoms with E-state index in [1.807, 2.05) is 6.07 Å². The smallest absolute Gasteiger partial charge is 0.231 e. The number of nitrogens with zero attached hydrogens (tertiary/aromatic N) is 1. The molecule has 0 atom stereocenters. The van der Waals surface area contributed by atoms with Gasteiger partial charge in [0.2, 0.25) is 18.4 Å². The third kappa shape index (κ3) is 1.34. The molecule has 2 aromatic rings. The van der Waals surface area contributed by atoms with E-state index in [4.69, 9.17) is 14.7 Å². The predicted octanol–water partition coefficient (Wildman–Crippen LogP) is 2.56. The molecular weight excluding hydrogens is 242 g/mol. The molecule has 1 aromatic carbocycles. The molecule has 1 N–H and O–H groups in total. The van der Waals surface area contributed by atoms with Crippen LogP contribution < -0.4 is 9.47 Å². The molecule has 0 aliphatic carbocycles. The molecule has 3 rings (SSSR count). The number of H-pyrrole nitrogens is 1. The van der Waals surface area contributed by atoms with Crippen LogP contribution in [0.25, 0.3) is 11.1 Å². The summed E-state index contributed by atoms with van der Waals surface area (Å²) in [4.78, 5) is 2.68. The lowest BCUT2D eigenvalue weighted by Crippen LogP contribution is -1.94. The van der Waals surface area contributed by atoms with Crippen LogP contribution >= 0.6 is 0 Å². The Hall–Kier alpha value is -2.55. The zero-order valence-corrected chi connectivity index (χ0v) is 8.96. The van der Waals surface area contributed by atoms with E-state index in [0.717, 1.165) is 0 Å². The van der Waals surface area contributed by atoms with E-state index in [-0.39, 0.29) is 35.0 Å². The average molecular weight is 248 g/mol. The van der Waals surface area contributed by atoms with Gasteiger partial charge in [-0.1, -0.05) is 0 Å². The highest BCUT2D eigenvalue weighted by molar-refractivity contribution is 5.73. The third-order valence-corrected chi connectivity index (χ3v) is 2.70. The van der Waals surface area contributed by atoms with Crippen LogP contribution in [0.2, 0.25) is 0 Å². The van der Waals surface area contributed by atoms with Gasteiger partial charge < -0.3 is 14.5 Å². The van der Waals surface area contributed by atoms with E-state index >= 15 is 0 Å². The van der Waals surface area contributed by atoms with Crippen molar-refractivity contribution in [2.75, 3.05) is 6.79 Å². The van der Waals surface area contributed by atoms with Gasteiger partial charge in [0, 0.05) is 23.5 Å². The van der Waals surface area contributed by atoms with Crippen LogP contribution in [0.15, 0.2) is 18.5 Å². The molecule has 0 saturated heterocycles. The Balaban J connectivity index is 2.26. The molecule has 18 heavy (non-hydrogen) atoms. The molecule has 1 aromatic heterocycles. The SMILES string of the molecule is N#Cc1c[nH]cc1-c1cc2c(c(F)c1F)OCO2. The first-order valence-corrected chi connectivity index (χ1v) is 5.07. The van der Waals surface area contributed by atoms with Crippen molar-refractivity contribution in [1.82, 2.24) is 4.98 Å². The largest absolute Gasteiger partial charge is 0.453 e. The van der Waals surface area contributed by atoms with Crippen molar-refractivity contribution in [3.05, 3.63) is 35.7 Å². The van der Waals surface area contributed by atoms with Crippen LogP contribution in [0.3, 0.4) is 0 Å². The van der Waals surface area contributed by atoms with Crippen molar-refractivity contribution >= 4 is 0 Å². The maximum absolute atomic E-state index is 13.9. The van der Waals surface area contributed by atoms with Crippen LogP contribution in [0.4, 0.5) is 8.78 Å². The highest BCUT2D eigenvalue weighted by atomic mass is 19.2. The van der Waals surface area contributed by atoms with Crippen LogP contribution in [-0.4, -0.2) is 11.8 Å². The normalized spacial score (nSPS) is 12.5. The van der Waals surface area contributed by atoms with Gasteiger partial charge in [-0.25, -0.2) is 4.39 Å². The second-order valence-corrected chi connectivity index (χ2v) is 3.68. The average Bonchev–Trinajstić information content (AvgIpc) is 3.01. The fourth-order valence-corrected chi connectivity index (χ4v) is 1.85. The van der Waals surface area contributed by atoms with E-state index in [1.54, 1.807) is 0 Å². The summed E-state index contributed by atoms with van der Waals surface area (Å²) in [5, 5.41) is 8.88. The summed E-state index contributed by atoms with van der Waals surface area (Å²) in [6.45, 7) is -0.145. The van der Waals surface area contributed by atoms with Gasteiger partial charge in [0.25, 0.3) is 0 Å². The first-order chi connectivity index (χ1) is 8.72. The van der Waals surface area contributed by atoms with Gasteiger partial charge in [-0.3, -0.25) is 0 Å². The van der Waals surface area contributed by atoms with Crippen LogP contribution in [0.1, 0.15) is 5.56 Å².